The molecule has 6 nitrogen and oxygen atoms in total. The van der Waals surface area contributed by atoms with Crippen LogP contribution in [0.1, 0.15) is 31.5 Å². The summed E-state index contributed by atoms with van der Waals surface area (Å²) in [4.78, 5) is 6.89. The summed E-state index contributed by atoms with van der Waals surface area (Å²) in [6.07, 6.45) is 5.52. The highest BCUT2D eigenvalue weighted by atomic mass is 16.5. The Hall–Kier alpha value is -1.14. The summed E-state index contributed by atoms with van der Waals surface area (Å²) < 4.78 is 5.64. The molecule has 1 aliphatic heterocycles. The molecular weight excluding hydrogens is 242 g/mol. The largest absolute Gasteiger partial charge is 0.378 e. The van der Waals surface area contributed by atoms with Crippen molar-refractivity contribution < 1.29 is 4.74 Å². The topological polar surface area (TPSA) is 66.1 Å². The van der Waals surface area contributed by atoms with Crippen LogP contribution >= 0.6 is 0 Å². The Morgan fingerprint density at radius 3 is 2.89 bits per heavy atom. The highest BCUT2D eigenvalue weighted by Crippen LogP contribution is 2.37. The van der Waals surface area contributed by atoms with Crippen LogP contribution in [0, 0.1) is 0 Å². The predicted octanol–water partition coefficient (Wildman–Crippen LogP) is 0.716. The minimum Gasteiger partial charge on any atom is -0.378 e. The lowest BCUT2D eigenvalue weighted by atomic mass is 9.77. The molecule has 0 aromatic carbocycles. The molecule has 1 saturated carbocycles. The molecule has 1 aliphatic carbocycles. The smallest absolute Gasteiger partial charge is 0.244 e. The van der Waals surface area contributed by atoms with E-state index in [1.807, 2.05) is 0 Å². The van der Waals surface area contributed by atoms with Gasteiger partial charge in [-0.15, -0.1) is 5.10 Å². The molecule has 1 aromatic rings. The normalized spacial score (nSPS) is 22.9. The van der Waals surface area contributed by atoms with Crippen LogP contribution in [0.4, 0.5) is 5.95 Å². The van der Waals surface area contributed by atoms with E-state index < -0.39 is 0 Å². The Morgan fingerprint density at radius 2 is 2.16 bits per heavy atom. The van der Waals surface area contributed by atoms with Crippen molar-refractivity contribution in [3.8, 4) is 0 Å². The van der Waals surface area contributed by atoms with Gasteiger partial charge in [0.05, 0.1) is 5.60 Å². The Bertz CT molecular complexity index is 401. The maximum absolute atomic E-state index is 5.64. The molecule has 0 unspecified atom stereocenters. The third-order valence-electron chi connectivity index (χ3n) is 4.33. The maximum atomic E-state index is 5.64. The Kier molecular flexibility index (Phi) is 3.70. The summed E-state index contributed by atoms with van der Waals surface area (Å²) in [6.45, 7) is 4.10. The second-order valence-electron chi connectivity index (χ2n) is 5.59. The van der Waals surface area contributed by atoms with Gasteiger partial charge in [-0.05, 0) is 32.2 Å². The van der Waals surface area contributed by atoms with Gasteiger partial charge in [0, 0.05) is 33.2 Å². The molecule has 0 radical (unpaired) electrons. The van der Waals surface area contributed by atoms with Gasteiger partial charge in [0.15, 0.2) is 0 Å². The van der Waals surface area contributed by atoms with E-state index in [2.05, 4.69) is 25.4 Å². The predicted molar refractivity (Wildman–Crippen MR) is 73.4 cm³/mol. The van der Waals surface area contributed by atoms with E-state index in [1.165, 1.54) is 6.42 Å². The van der Waals surface area contributed by atoms with Gasteiger partial charge in [-0.3, -0.25) is 5.10 Å². The minimum absolute atomic E-state index is 0.0111. The van der Waals surface area contributed by atoms with Crippen molar-refractivity contribution in [2.45, 2.75) is 37.7 Å². The number of nitrogens with one attached hydrogen (secondary N) is 2. The highest BCUT2D eigenvalue weighted by molar-refractivity contribution is 5.29. The lowest BCUT2D eigenvalue weighted by molar-refractivity contribution is -0.0720. The molecule has 0 amide bonds. The summed E-state index contributed by atoms with van der Waals surface area (Å²) in [5.74, 6) is 1.79. The molecular formula is C13H23N5O. The fourth-order valence-corrected chi connectivity index (χ4v) is 2.88. The number of methoxy groups -OCH3 is 1. The number of H-pyrrole nitrogens is 1. The Morgan fingerprint density at radius 1 is 1.26 bits per heavy atom. The first-order chi connectivity index (χ1) is 9.31. The second kappa shape index (κ2) is 5.46. The van der Waals surface area contributed by atoms with Crippen LogP contribution in [0.15, 0.2) is 0 Å². The zero-order valence-corrected chi connectivity index (χ0v) is 11.6. The fourth-order valence-electron chi connectivity index (χ4n) is 2.88. The van der Waals surface area contributed by atoms with E-state index in [-0.39, 0.29) is 5.60 Å². The first-order valence-corrected chi connectivity index (χ1v) is 7.23. The van der Waals surface area contributed by atoms with Crippen molar-refractivity contribution in [2.24, 2.45) is 0 Å². The van der Waals surface area contributed by atoms with Gasteiger partial charge in [0.25, 0.3) is 0 Å². The third kappa shape index (κ3) is 2.74. The molecule has 2 aliphatic rings. The van der Waals surface area contributed by atoms with E-state index in [9.17, 15) is 0 Å². The summed E-state index contributed by atoms with van der Waals surface area (Å²) in [5.41, 5.74) is 0.0111. The first kappa shape index (κ1) is 12.9. The van der Waals surface area contributed by atoms with Crippen molar-refractivity contribution in [2.75, 3.05) is 38.2 Å². The average Bonchev–Trinajstić information content (AvgIpc) is 2.67. The highest BCUT2D eigenvalue weighted by Gasteiger charge is 2.38. The standard InChI is InChI=1S/C13H23N5O/c1-19-13(4-2-5-13)10-11-15-12(17-16-11)18-8-3-6-14-7-9-18/h14H,2-10H2,1H3,(H,15,16,17). The van der Waals surface area contributed by atoms with Crippen molar-refractivity contribution in [3.05, 3.63) is 5.82 Å². The first-order valence-electron chi connectivity index (χ1n) is 7.23. The molecule has 1 aromatic heterocycles. The minimum atomic E-state index is 0.0111. The van der Waals surface area contributed by atoms with Crippen LogP contribution in [0.2, 0.25) is 0 Å². The molecule has 6 heteroatoms. The summed E-state index contributed by atoms with van der Waals surface area (Å²) in [7, 11) is 1.80. The number of nitrogens with zero attached hydrogens (tertiary/aromatic N) is 3. The molecule has 106 valence electrons. The third-order valence-corrected chi connectivity index (χ3v) is 4.33. The van der Waals surface area contributed by atoms with Crippen LogP contribution in [-0.2, 0) is 11.2 Å². The molecule has 19 heavy (non-hydrogen) atoms. The van der Waals surface area contributed by atoms with Gasteiger partial charge in [0.1, 0.15) is 5.82 Å². The number of anilines is 1. The van der Waals surface area contributed by atoms with Gasteiger partial charge < -0.3 is 15.0 Å². The number of hydrogen-bond donors (Lipinski definition) is 2. The van der Waals surface area contributed by atoms with E-state index in [4.69, 9.17) is 4.74 Å². The van der Waals surface area contributed by atoms with Gasteiger partial charge in [-0.1, -0.05) is 0 Å². The van der Waals surface area contributed by atoms with Crippen LogP contribution in [0.3, 0.4) is 0 Å². The zero-order valence-electron chi connectivity index (χ0n) is 11.6. The van der Waals surface area contributed by atoms with Crippen molar-refractivity contribution in [1.29, 1.82) is 0 Å². The summed E-state index contributed by atoms with van der Waals surface area (Å²) in [5, 5.41) is 10.8. The van der Waals surface area contributed by atoms with Gasteiger partial charge >= 0.3 is 0 Å². The van der Waals surface area contributed by atoms with Crippen molar-refractivity contribution in [1.82, 2.24) is 20.5 Å². The van der Waals surface area contributed by atoms with Crippen molar-refractivity contribution >= 4 is 5.95 Å². The average molecular weight is 265 g/mol. The number of ether oxygens (including phenoxy) is 1. The summed E-state index contributed by atoms with van der Waals surface area (Å²) in [6, 6.07) is 0. The lowest BCUT2D eigenvalue weighted by Crippen LogP contribution is -2.41. The van der Waals surface area contributed by atoms with E-state index in [1.54, 1.807) is 7.11 Å². The van der Waals surface area contributed by atoms with E-state index in [0.717, 1.165) is 63.6 Å². The summed E-state index contributed by atoms with van der Waals surface area (Å²) >= 11 is 0. The quantitative estimate of drug-likeness (QED) is 0.839. The SMILES string of the molecule is COC1(Cc2nc(N3CCCNCC3)n[nH]2)CCC1. The van der Waals surface area contributed by atoms with Gasteiger partial charge in [-0.2, -0.15) is 4.98 Å². The van der Waals surface area contributed by atoms with Gasteiger partial charge in [0.2, 0.25) is 5.95 Å². The molecule has 2 heterocycles. The molecule has 2 N–H and O–H groups in total. The molecule has 0 bridgehead atoms. The van der Waals surface area contributed by atoms with Crippen LogP contribution in [0.5, 0.6) is 0 Å². The van der Waals surface area contributed by atoms with Gasteiger partial charge in [-0.25, -0.2) is 0 Å². The van der Waals surface area contributed by atoms with Crippen LogP contribution < -0.4 is 10.2 Å². The lowest BCUT2D eigenvalue weighted by Gasteiger charge is -2.39. The Labute approximate surface area is 113 Å². The zero-order chi connectivity index (χ0) is 13.1. The monoisotopic (exact) mass is 265 g/mol. The van der Waals surface area contributed by atoms with Crippen LogP contribution in [-0.4, -0.2) is 54.1 Å². The maximum Gasteiger partial charge on any atom is 0.244 e. The number of aromatic nitrogens is 3. The molecule has 0 atom stereocenters. The molecule has 1 saturated heterocycles. The Balaban J connectivity index is 1.65. The number of rotatable bonds is 4. The molecule has 3 rings (SSSR count). The molecule has 0 spiro atoms. The van der Waals surface area contributed by atoms with Crippen LogP contribution in [0.25, 0.3) is 0 Å². The van der Waals surface area contributed by atoms with E-state index in [0.29, 0.717) is 0 Å². The molecule has 2 fully saturated rings. The number of hydrogen-bond acceptors (Lipinski definition) is 5. The second-order valence-corrected chi connectivity index (χ2v) is 5.59. The number of aromatic amines is 1. The van der Waals surface area contributed by atoms with E-state index >= 15 is 0 Å². The van der Waals surface area contributed by atoms with Crippen molar-refractivity contribution in [3.63, 3.8) is 0 Å². The fraction of sp³-hybridized carbons (Fsp3) is 0.846.